The Morgan fingerprint density at radius 3 is 1.75 bits per heavy atom. The summed E-state index contributed by atoms with van der Waals surface area (Å²) >= 11 is 0. The van der Waals surface area contributed by atoms with Crippen LogP contribution in [0.2, 0.25) is 5.04 Å². The molecule has 0 saturated carbocycles. The minimum atomic E-state index is 0.0648. The molecule has 0 aromatic rings. The molecule has 0 fully saturated rings. The fourth-order valence-electron chi connectivity index (χ4n) is 0.129. The maximum atomic E-state index is 8.79. The summed E-state index contributed by atoms with van der Waals surface area (Å²) < 4.78 is 0. The van der Waals surface area contributed by atoms with E-state index in [0.29, 0.717) is 5.92 Å². The largest absolute Gasteiger partial charge is 0.431 e. The molecule has 0 aromatic heterocycles. The molecule has 1 nitrogen and oxygen atoms in total. The Hall–Kier alpha value is 0.177. The van der Waals surface area contributed by atoms with E-state index in [0.717, 1.165) is 0 Å². The van der Waals surface area contributed by atoms with Gasteiger partial charge in [-0.3, -0.25) is 0 Å². The van der Waals surface area contributed by atoms with Gasteiger partial charge in [0.2, 0.25) is 9.76 Å². The molecular formula is C6H14OSi. The molecule has 0 rings (SSSR count). The maximum Gasteiger partial charge on any atom is 0.230 e. The minimum absolute atomic E-state index is 0.0648. The van der Waals surface area contributed by atoms with Crippen molar-refractivity contribution < 1.29 is 4.80 Å². The van der Waals surface area contributed by atoms with E-state index in [-0.39, 0.29) is 14.8 Å². The minimum Gasteiger partial charge on any atom is -0.431 e. The Morgan fingerprint density at radius 2 is 1.75 bits per heavy atom. The lowest BCUT2D eigenvalue weighted by Crippen LogP contribution is -2.18. The smallest absolute Gasteiger partial charge is 0.230 e. The average Bonchev–Trinajstić information content (AvgIpc) is 1.67. The molecule has 0 amide bonds. The molecule has 0 saturated heterocycles. The predicted molar refractivity (Wildman–Crippen MR) is 36.9 cm³/mol. The van der Waals surface area contributed by atoms with Crippen LogP contribution >= 0.6 is 0 Å². The van der Waals surface area contributed by atoms with Crippen LogP contribution in [0, 0.1) is 5.92 Å². The van der Waals surface area contributed by atoms with E-state index >= 15 is 0 Å². The van der Waals surface area contributed by atoms with Crippen molar-refractivity contribution in [1.82, 2.24) is 0 Å². The van der Waals surface area contributed by atoms with E-state index in [4.69, 9.17) is 4.80 Å². The summed E-state index contributed by atoms with van der Waals surface area (Å²) in [6.07, 6.45) is 0. The van der Waals surface area contributed by atoms with Crippen LogP contribution < -0.4 is 0 Å². The van der Waals surface area contributed by atoms with Gasteiger partial charge >= 0.3 is 0 Å². The second-order valence-electron chi connectivity index (χ2n) is 2.99. The summed E-state index contributed by atoms with van der Waals surface area (Å²) in [5, 5.41) is 0.125. The van der Waals surface area contributed by atoms with Crippen molar-refractivity contribution in [3.8, 4) is 0 Å². The topological polar surface area (TPSA) is 20.2 Å². The zero-order valence-corrected chi connectivity index (χ0v) is 7.02. The monoisotopic (exact) mass is 130 g/mol. The summed E-state index contributed by atoms with van der Waals surface area (Å²) in [4.78, 5) is 8.79. The van der Waals surface area contributed by atoms with E-state index in [1.165, 1.54) is 0 Å². The maximum absolute atomic E-state index is 8.79. The van der Waals surface area contributed by atoms with Crippen LogP contribution in [-0.4, -0.2) is 14.6 Å². The molecule has 0 aliphatic rings. The predicted octanol–water partition coefficient (Wildman–Crippen LogP) is 1.45. The molecule has 8 heavy (non-hydrogen) atoms. The summed E-state index contributed by atoms with van der Waals surface area (Å²) in [5.74, 6) is 0.575. The van der Waals surface area contributed by atoms with Gasteiger partial charge in [-0.15, -0.1) is 0 Å². The fraction of sp³-hybridized carbons (Fsp3) is 1.00. The van der Waals surface area contributed by atoms with E-state index in [9.17, 15) is 0 Å². The Morgan fingerprint density at radius 1 is 1.38 bits per heavy atom. The molecule has 0 spiro atoms. The second-order valence-corrected chi connectivity index (χ2v) is 4.50. The molecular weight excluding hydrogens is 116 g/mol. The molecule has 2 heteroatoms. The standard InChI is InChI=1S/C6H14OSi/c1-5(2)6(3,4)8-7/h5,7H,1-4H3. The van der Waals surface area contributed by atoms with Gasteiger partial charge in [0.1, 0.15) is 0 Å². The quantitative estimate of drug-likeness (QED) is 0.561. The first-order valence-corrected chi connectivity index (χ1v) is 3.86. The van der Waals surface area contributed by atoms with Crippen LogP contribution in [0.3, 0.4) is 0 Å². The molecule has 0 atom stereocenters. The van der Waals surface area contributed by atoms with Crippen LogP contribution in [-0.2, 0) is 0 Å². The number of hydrogen-bond acceptors (Lipinski definition) is 1. The van der Waals surface area contributed by atoms with Crippen LogP contribution in [0.25, 0.3) is 0 Å². The highest BCUT2D eigenvalue weighted by atomic mass is 28.2. The van der Waals surface area contributed by atoms with Crippen molar-refractivity contribution in [1.29, 1.82) is 0 Å². The SMILES string of the molecule is CC(C)C(C)(C)[Si]O. The lowest BCUT2D eigenvalue weighted by atomic mass is 9.99. The highest BCUT2D eigenvalue weighted by Crippen LogP contribution is 2.31. The van der Waals surface area contributed by atoms with Crippen LogP contribution in [0.15, 0.2) is 0 Å². The van der Waals surface area contributed by atoms with Crippen molar-refractivity contribution in [3.63, 3.8) is 0 Å². The van der Waals surface area contributed by atoms with E-state index < -0.39 is 0 Å². The van der Waals surface area contributed by atoms with Gasteiger partial charge in [-0.25, -0.2) is 0 Å². The highest BCUT2D eigenvalue weighted by molar-refractivity contribution is 6.30. The third kappa shape index (κ3) is 1.97. The van der Waals surface area contributed by atoms with E-state index in [2.05, 4.69) is 27.7 Å². The zero-order valence-electron chi connectivity index (χ0n) is 6.02. The number of rotatable bonds is 2. The molecule has 0 aliphatic carbocycles. The van der Waals surface area contributed by atoms with Gasteiger partial charge in [0.05, 0.1) is 0 Å². The van der Waals surface area contributed by atoms with Gasteiger partial charge < -0.3 is 4.80 Å². The van der Waals surface area contributed by atoms with Gasteiger partial charge in [-0.05, 0) is 11.0 Å². The third-order valence-electron chi connectivity index (χ3n) is 1.73. The Bertz CT molecular complexity index is 68.9. The van der Waals surface area contributed by atoms with Crippen LogP contribution in [0.4, 0.5) is 0 Å². The van der Waals surface area contributed by atoms with Crippen molar-refractivity contribution >= 4 is 9.76 Å². The Balaban J connectivity index is 3.71. The van der Waals surface area contributed by atoms with Gasteiger partial charge in [0.15, 0.2) is 0 Å². The van der Waals surface area contributed by atoms with Crippen molar-refractivity contribution in [2.75, 3.05) is 0 Å². The summed E-state index contributed by atoms with van der Waals surface area (Å²) in [5.41, 5.74) is 0. The summed E-state index contributed by atoms with van der Waals surface area (Å²) in [6, 6.07) is 0. The van der Waals surface area contributed by atoms with Crippen molar-refractivity contribution in [2.45, 2.75) is 32.7 Å². The zero-order chi connectivity index (χ0) is 6.78. The average molecular weight is 130 g/mol. The van der Waals surface area contributed by atoms with Crippen molar-refractivity contribution in [2.24, 2.45) is 5.92 Å². The lowest BCUT2D eigenvalue weighted by molar-refractivity contribution is 0.425. The summed E-state index contributed by atoms with van der Waals surface area (Å²) in [7, 11) is 0.0648. The van der Waals surface area contributed by atoms with Crippen LogP contribution in [0.5, 0.6) is 0 Å². The van der Waals surface area contributed by atoms with E-state index in [1.54, 1.807) is 0 Å². The lowest BCUT2D eigenvalue weighted by Gasteiger charge is -2.24. The molecule has 0 bridgehead atoms. The van der Waals surface area contributed by atoms with Gasteiger partial charge in [-0.2, -0.15) is 0 Å². The van der Waals surface area contributed by atoms with Crippen LogP contribution in [0.1, 0.15) is 27.7 Å². The van der Waals surface area contributed by atoms with Gasteiger partial charge in [0, 0.05) is 0 Å². The van der Waals surface area contributed by atoms with E-state index in [1.807, 2.05) is 0 Å². The molecule has 0 heterocycles. The number of hydrogen-bond donors (Lipinski definition) is 1. The Labute approximate surface area is 54.1 Å². The second kappa shape index (κ2) is 2.64. The van der Waals surface area contributed by atoms with Gasteiger partial charge in [0.25, 0.3) is 0 Å². The molecule has 0 aromatic carbocycles. The molecule has 0 aliphatic heterocycles. The Kier molecular flexibility index (Phi) is 2.70. The molecule has 2 radical (unpaired) electrons. The van der Waals surface area contributed by atoms with Crippen molar-refractivity contribution in [3.05, 3.63) is 0 Å². The molecule has 1 N–H and O–H groups in total. The third-order valence-corrected chi connectivity index (χ3v) is 2.89. The first-order valence-electron chi connectivity index (χ1n) is 2.92. The first kappa shape index (κ1) is 8.18. The summed E-state index contributed by atoms with van der Waals surface area (Å²) in [6.45, 7) is 8.42. The van der Waals surface area contributed by atoms with Gasteiger partial charge in [-0.1, -0.05) is 27.7 Å². The first-order chi connectivity index (χ1) is 3.50. The normalized spacial score (nSPS) is 12.8. The fourth-order valence-corrected chi connectivity index (χ4v) is 0.387. The molecule has 48 valence electrons. The highest BCUT2D eigenvalue weighted by Gasteiger charge is 2.22. The molecule has 0 unspecified atom stereocenters.